The van der Waals surface area contributed by atoms with Crippen molar-refractivity contribution in [2.24, 2.45) is 5.41 Å². The summed E-state index contributed by atoms with van der Waals surface area (Å²) in [5.74, 6) is -6.57. The van der Waals surface area contributed by atoms with Gasteiger partial charge in [0.05, 0.1) is 11.0 Å². The molecule has 2 aromatic carbocycles. The minimum absolute atomic E-state index is 0.0327. The molecule has 15 heteroatoms. The molecule has 0 radical (unpaired) electrons. The van der Waals surface area contributed by atoms with Crippen LogP contribution in [0.15, 0.2) is 46.9 Å². The fourth-order valence-electron chi connectivity index (χ4n) is 4.31. The van der Waals surface area contributed by atoms with Crippen LogP contribution in [-0.4, -0.2) is 42.5 Å². The SMILES string of the molecule is CN(CC(F)(F)F)C(=O)C1(CC(=O)c2ccc(/C(F)=C/C(c3cc(Cl)cc(Br)c3)C(F)(F)F)cc2C(F)(F)F)CC1. The van der Waals surface area contributed by atoms with Gasteiger partial charge < -0.3 is 4.90 Å². The maximum Gasteiger partial charge on any atom is 0.417 e. The van der Waals surface area contributed by atoms with Gasteiger partial charge in [-0.3, -0.25) is 9.59 Å². The van der Waals surface area contributed by atoms with Crippen LogP contribution < -0.4 is 0 Å². The Morgan fingerprint density at radius 3 is 2.12 bits per heavy atom. The predicted octanol–water partition coefficient (Wildman–Crippen LogP) is 9.15. The van der Waals surface area contributed by atoms with Crippen molar-refractivity contribution in [2.75, 3.05) is 13.6 Å². The van der Waals surface area contributed by atoms with Crippen LogP contribution in [0.25, 0.3) is 5.83 Å². The zero-order chi connectivity index (χ0) is 31.1. The summed E-state index contributed by atoms with van der Waals surface area (Å²) >= 11 is 8.76. The summed E-state index contributed by atoms with van der Waals surface area (Å²) in [6, 6.07) is 4.60. The Labute approximate surface area is 240 Å². The number of allylic oxidation sites excluding steroid dienone is 1. The topological polar surface area (TPSA) is 37.4 Å². The predicted molar refractivity (Wildman–Crippen MR) is 133 cm³/mol. The Balaban J connectivity index is 1.96. The zero-order valence-corrected chi connectivity index (χ0v) is 23.1. The number of rotatable bonds is 8. The molecule has 0 aliphatic heterocycles. The summed E-state index contributed by atoms with van der Waals surface area (Å²) in [4.78, 5) is 25.7. The number of halogens is 12. The fraction of sp³-hybridized carbons (Fsp3) is 0.385. The van der Waals surface area contributed by atoms with Gasteiger partial charge in [0.15, 0.2) is 5.78 Å². The summed E-state index contributed by atoms with van der Waals surface area (Å²) in [7, 11) is 0.849. The number of carbonyl (C=O) groups excluding carboxylic acids is 2. The fourth-order valence-corrected chi connectivity index (χ4v) is 5.20. The highest BCUT2D eigenvalue weighted by molar-refractivity contribution is 9.10. The number of carbonyl (C=O) groups is 2. The van der Waals surface area contributed by atoms with Gasteiger partial charge in [-0.2, -0.15) is 39.5 Å². The van der Waals surface area contributed by atoms with Crippen molar-refractivity contribution in [1.29, 1.82) is 0 Å². The van der Waals surface area contributed by atoms with E-state index in [1.807, 2.05) is 0 Å². The lowest BCUT2D eigenvalue weighted by Gasteiger charge is -2.24. The number of amides is 1. The quantitative estimate of drug-likeness (QED) is 0.206. The van der Waals surface area contributed by atoms with Gasteiger partial charge in [0, 0.05) is 34.1 Å². The molecule has 1 aliphatic rings. The van der Waals surface area contributed by atoms with Crippen LogP contribution in [0.2, 0.25) is 5.02 Å². The van der Waals surface area contributed by atoms with Crippen LogP contribution in [0.3, 0.4) is 0 Å². The zero-order valence-electron chi connectivity index (χ0n) is 20.7. The van der Waals surface area contributed by atoms with Crippen LogP contribution >= 0.6 is 27.5 Å². The molecule has 1 aliphatic carbocycles. The third kappa shape index (κ3) is 8.24. The van der Waals surface area contributed by atoms with Gasteiger partial charge in [-0.05, 0) is 48.7 Å². The lowest BCUT2D eigenvalue weighted by atomic mass is 9.90. The Bertz CT molecular complexity index is 1340. The Kier molecular flexibility index (Phi) is 9.29. The largest absolute Gasteiger partial charge is 0.417 e. The molecule has 0 saturated heterocycles. The molecule has 0 N–H and O–H groups in total. The molecule has 0 bridgehead atoms. The van der Waals surface area contributed by atoms with Crippen LogP contribution in [-0.2, 0) is 11.0 Å². The van der Waals surface area contributed by atoms with Gasteiger partial charge in [0.1, 0.15) is 18.3 Å². The van der Waals surface area contributed by atoms with Crippen molar-refractivity contribution >= 4 is 45.0 Å². The van der Waals surface area contributed by atoms with E-state index < -0.39 is 82.6 Å². The Morgan fingerprint density at radius 1 is 1.02 bits per heavy atom. The number of hydrogen-bond donors (Lipinski definition) is 0. The highest BCUT2D eigenvalue weighted by atomic mass is 79.9. The second-order valence-corrected chi connectivity index (χ2v) is 11.0. The monoisotopic (exact) mass is 681 g/mol. The first kappa shape index (κ1) is 32.9. The van der Waals surface area contributed by atoms with E-state index in [2.05, 4.69) is 15.9 Å². The summed E-state index contributed by atoms with van der Waals surface area (Å²) in [5, 5.41) is -0.115. The molecule has 1 saturated carbocycles. The van der Waals surface area contributed by atoms with E-state index in [0.717, 1.165) is 19.2 Å². The van der Waals surface area contributed by atoms with E-state index in [-0.39, 0.29) is 34.5 Å². The van der Waals surface area contributed by atoms with Crippen molar-refractivity contribution in [1.82, 2.24) is 4.90 Å². The van der Waals surface area contributed by atoms with Crippen molar-refractivity contribution in [3.63, 3.8) is 0 Å². The van der Waals surface area contributed by atoms with Gasteiger partial charge >= 0.3 is 18.5 Å². The number of alkyl halides is 9. The minimum Gasteiger partial charge on any atom is -0.336 e. The van der Waals surface area contributed by atoms with Gasteiger partial charge in [0.25, 0.3) is 0 Å². The number of hydrogen-bond acceptors (Lipinski definition) is 2. The molecule has 0 heterocycles. The molecule has 1 atom stereocenters. The van der Waals surface area contributed by atoms with Gasteiger partial charge in [-0.15, -0.1) is 0 Å². The molecule has 0 spiro atoms. The summed E-state index contributed by atoms with van der Waals surface area (Å²) < 4.78 is 136. The third-order valence-electron chi connectivity index (χ3n) is 6.38. The highest BCUT2D eigenvalue weighted by Crippen LogP contribution is 2.51. The lowest BCUT2D eigenvalue weighted by molar-refractivity contribution is -0.161. The second kappa shape index (κ2) is 11.6. The van der Waals surface area contributed by atoms with Crippen LogP contribution in [0.1, 0.15) is 52.2 Å². The van der Waals surface area contributed by atoms with E-state index in [1.165, 1.54) is 6.07 Å². The first-order valence-corrected chi connectivity index (χ1v) is 12.8. The number of nitrogens with zero attached hydrogens (tertiary/aromatic N) is 1. The summed E-state index contributed by atoms with van der Waals surface area (Å²) in [5.41, 5.74) is -5.70. The van der Waals surface area contributed by atoms with E-state index in [4.69, 9.17) is 11.6 Å². The second-order valence-electron chi connectivity index (χ2n) is 9.65. The van der Waals surface area contributed by atoms with E-state index in [9.17, 15) is 49.1 Å². The Morgan fingerprint density at radius 2 is 1.63 bits per heavy atom. The van der Waals surface area contributed by atoms with Crippen molar-refractivity contribution < 1.29 is 53.5 Å². The molecule has 1 unspecified atom stereocenters. The smallest absolute Gasteiger partial charge is 0.336 e. The highest BCUT2D eigenvalue weighted by Gasteiger charge is 2.54. The summed E-state index contributed by atoms with van der Waals surface area (Å²) in [6.07, 6.45) is -15.9. The standard InChI is InChI=1S/C26H19BrClF10NO2/c1-39(12-24(30,31)32)22(41)23(4-5-23)11-21(40)17-3-2-13(8-19(17)26(36,37)38)20(29)10-18(25(33,34)35)14-6-15(27)9-16(28)7-14/h2-3,6-10,18H,4-5,11-12H2,1H3/b20-10-. The number of Topliss-reactive ketones (excluding diaryl/α,β-unsaturated/α-hetero) is 1. The maximum absolute atomic E-state index is 15.0. The van der Waals surface area contributed by atoms with Crippen molar-refractivity contribution in [3.8, 4) is 0 Å². The molecule has 1 fully saturated rings. The molecule has 3 rings (SSSR count). The number of ketones is 1. The van der Waals surface area contributed by atoms with E-state index in [0.29, 0.717) is 17.0 Å². The third-order valence-corrected chi connectivity index (χ3v) is 7.06. The molecule has 41 heavy (non-hydrogen) atoms. The van der Waals surface area contributed by atoms with Crippen LogP contribution in [0, 0.1) is 5.41 Å². The van der Waals surface area contributed by atoms with E-state index in [1.54, 1.807) is 0 Å². The summed E-state index contributed by atoms with van der Waals surface area (Å²) in [6.45, 7) is -1.62. The first-order chi connectivity index (χ1) is 18.6. The lowest BCUT2D eigenvalue weighted by Crippen LogP contribution is -2.41. The number of benzene rings is 2. The molecular weight excluding hydrogens is 664 g/mol. The average molecular weight is 683 g/mol. The molecule has 0 aromatic heterocycles. The molecule has 1 amide bonds. The molecule has 2 aromatic rings. The average Bonchev–Trinajstić information content (AvgIpc) is 3.58. The van der Waals surface area contributed by atoms with Gasteiger partial charge in [-0.25, -0.2) is 4.39 Å². The van der Waals surface area contributed by atoms with Gasteiger partial charge in [0.2, 0.25) is 5.91 Å². The molecule has 224 valence electrons. The van der Waals surface area contributed by atoms with E-state index >= 15 is 4.39 Å². The normalized spacial score (nSPS) is 16.4. The molecule has 3 nitrogen and oxygen atoms in total. The minimum atomic E-state index is -5.27. The first-order valence-electron chi connectivity index (χ1n) is 11.6. The van der Waals surface area contributed by atoms with Crippen molar-refractivity contribution in [3.05, 3.63) is 74.2 Å². The van der Waals surface area contributed by atoms with Gasteiger partial charge in [-0.1, -0.05) is 39.7 Å². The maximum atomic E-state index is 15.0. The Hall–Kier alpha value is -2.61. The molecular formula is C26H19BrClF10NO2. The van der Waals surface area contributed by atoms with Crippen LogP contribution in [0.5, 0.6) is 0 Å². The van der Waals surface area contributed by atoms with Crippen LogP contribution in [0.4, 0.5) is 43.9 Å². The van der Waals surface area contributed by atoms with Crippen molar-refractivity contribution in [2.45, 2.75) is 43.7 Å².